The topological polar surface area (TPSA) is 91.0 Å². The van der Waals surface area contributed by atoms with E-state index in [1.54, 1.807) is 20.2 Å². The monoisotopic (exact) mass is 353 g/mol. The second kappa shape index (κ2) is 6.66. The van der Waals surface area contributed by atoms with Crippen molar-refractivity contribution in [2.45, 2.75) is 37.8 Å². The van der Waals surface area contributed by atoms with Gasteiger partial charge in [-0.15, -0.1) is 0 Å². The van der Waals surface area contributed by atoms with Crippen LogP contribution in [0.3, 0.4) is 0 Å². The van der Waals surface area contributed by atoms with Gasteiger partial charge in [0, 0.05) is 51.3 Å². The first kappa shape index (κ1) is 17.1. The van der Waals surface area contributed by atoms with Crippen LogP contribution < -0.4 is 4.72 Å². The Labute approximate surface area is 141 Å². The van der Waals surface area contributed by atoms with Gasteiger partial charge < -0.3 is 9.30 Å². The highest BCUT2D eigenvalue weighted by Gasteiger charge is 2.34. The fraction of sp³-hybridized carbons (Fsp3) is 0.600. The van der Waals surface area contributed by atoms with Crippen LogP contribution in [-0.2, 0) is 28.4 Å². The highest BCUT2D eigenvalue weighted by atomic mass is 32.2. The number of hydrogen-bond donors (Lipinski definition) is 1. The third-order valence-electron chi connectivity index (χ3n) is 4.35. The van der Waals surface area contributed by atoms with Crippen molar-refractivity contribution in [1.82, 2.24) is 24.1 Å². The Morgan fingerprint density at radius 3 is 2.92 bits per heavy atom. The molecule has 0 saturated carbocycles. The summed E-state index contributed by atoms with van der Waals surface area (Å²) in [5, 5.41) is 4.09. The van der Waals surface area contributed by atoms with Gasteiger partial charge in [-0.25, -0.2) is 18.1 Å². The lowest BCUT2D eigenvalue weighted by Crippen LogP contribution is -2.31. The van der Waals surface area contributed by atoms with E-state index in [0.717, 1.165) is 18.8 Å². The van der Waals surface area contributed by atoms with Gasteiger partial charge in [0.15, 0.2) is 0 Å². The fourth-order valence-corrected chi connectivity index (χ4v) is 4.42. The Morgan fingerprint density at radius 2 is 2.25 bits per heavy atom. The zero-order chi connectivity index (χ0) is 17.3. The first-order valence-electron chi connectivity index (χ1n) is 8.05. The number of aryl methyl sites for hydroxylation is 3. The van der Waals surface area contributed by atoms with Crippen LogP contribution in [0.5, 0.6) is 0 Å². The summed E-state index contributed by atoms with van der Waals surface area (Å²) in [6, 6.07) is 0. The third kappa shape index (κ3) is 3.24. The number of ether oxygens (including phenoxy) is 1. The van der Waals surface area contributed by atoms with Gasteiger partial charge in [0.1, 0.15) is 16.8 Å². The summed E-state index contributed by atoms with van der Waals surface area (Å²) < 4.78 is 37.1. The van der Waals surface area contributed by atoms with Crippen molar-refractivity contribution in [3.63, 3.8) is 0 Å². The number of hydrogen-bond acceptors (Lipinski definition) is 5. The molecule has 0 unspecified atom stereocenters. The average Bonchev–Trinajstić information content (AvgIpc) is 3.23. The molecule has 24 heavy (non-hydrogen) atoms. The Morgan fingerprint density at radius 1 is 1.46 bits per heavy atom. The van der Waals surface area contributed by atoms with E-state index in [0.29, 0.717) is 18.8 Å². The molecule has 132 valence electrons. The van der Waals surface area contributed by atoms with E-state index >= 15 is 0 Å². The quantitative estimate of drug-likeness (QED) is 0.837. The summed E-state index contributed by atoms with van der Waals surface area (Å²) >= 11 is 0. The Bertz CT molecular complexity index is 811. The number of aromatic nitrogens is 4. The van der Waals surface area contributed by atoms with E-state index in [9.17, 15) is 8.42 Å². The van der Waals surface area contributed by atoms with E-state index in [4.69, 9.17) is 4.74 Å². The number of nitrogens with zero attached hydrogens (tertiary/aromatic N) is 4. The molecule has 1 aliphatic heterocycles. The molecule has 3 heterocycles. The van der Waals surface area contributed by atoms with E-state index in [2.05, 4.69) is 14.8 Å². The highest BCUT2D eigenvalue weighted by molar-refractivity contribution is 7.89. The van der Waals surface area contributed by atoms with Crippen molar-refractivity contribution < 1.29 is 13.2 Å². The third-order valence-corrected chi connectivity index (χ3v) is 5.88. The number of imidazole rings is 1. The molecule has 2 atom stereocenters. The van der Waals surface area contributed by atoms with Crippen LogP contribution >= 0.6 is 0 Å². The molecule has 0 amide bonds. The molecule has 2 aromatic heterocycles. The van der Waals surface area contributed by atoms with Gasteiger partial charge in [-0.1, -0.05) is 0 Å². The van der Waals surface area contributed by atoms with Crippen molar-refractivity contribution in [1.29, 1.82) is 0 Å². The van der Waals surface area contributed by atoms with Gasteiger partial charge in [-0.05, 0) is 20.3 Å². The van der Waals surface area contributed by atoms with Crippen molar-refractivity contribution in [3.05, 3.63) is 30.1 Å². The predicted octanol–water partition coefficient (Wildman–Crippen LogP) is 1.00. The minimum atomic E-state index is -3.58. The van der Waals surface area contributed by atoms with Gasteiger partial charge in [0.25, 0.3) is 0 Å². The summed E-state index contributed by atoms with van der Waals surface area (Å²) in [5.74, 6) is 0.918. The largest absolute Gasteiger partial charge is 0.370 e. The zero-order valence-corrected chi connectivity index (χ0v) is 15.0. The van der Waals surface area contributed by atoms with Crippen LogP contribution in [0.2, 0.25) is 0 Å². The highest BCUT2D eigenvalue weighted by Crippen LogP contribution is 2.33. The Balaban J connectivity index is 1.73. The van der Waals surface area contributed by atoms with Crippen LogP contribution in [0, 0.1) is 12.8 Å². The molecular formula is C15H23N5O3S. The molecule has 1 fully saturated rings. The van der Waals surface area contributed by atoms with Crippen molar-refractivity contribution in [2.24, 2.45) is 13.0 Å². The second-order valence-electron chi connectivity index (χ2n) is 6.02. The predicted molar refractivity (Wildman–Crippen MR) is 87.8 cm³/mol. The summed E-state index contributed by atoms with van der Waals surface area (Å²) in [5.41, 5.74) is 0.491. The lowest BCUT2D eigenvalue weighted by Gasteiger charge is -2.19. The molecule has 2 aromatic rings. The number of nitrogens with one attached hydrogen (secondary N) is 1. The lowest BCUT2D eigenvalue weighted by atomic mass is 10.0. The molecule has 0 bridgehead atoms. The molecule has 0 aromatic carbocycles. The van der Waals surface area contributed by atoms with Gasteiger partial charge >= 0.3 is 0 Å². The first-order valence-corrected chi connectivity index (χ1v) is 9.53. The minimum Gasteiger partial charge on any atom is -0.370 e. The number of rotatable bonds is 6. The molecule has 9 heteroatoms. The SMILES string of the molecule is CCn1ccnc1[C@@H]1OCC[C@H]1CNS(=O)(=O)c1cn(C)nc1C. The normalized spacial score (nSPS) is 21.5. The molecule has 0 aliphatic carbocycles. The van der Waals surface area contributed by atoms with E-state index in [1.807, 2.05) is 17.7 Å². The van der Waals surface area contributed by atoms with Crippen LogP contribution in [0.25, 0.3) is 0 Å². The van der Waals surface area contributed by atoms with Gasteiger partial charge in [-0.2, -0.15) is 5.10 Å². The van der Waals surface area contributed by atoms with Gasteiger partial charge in [0.2, 0.25) is 10.0 Å². The van der Waals surface area contributed by atoms with E-state index in [1.165, 1.54) is 10.9 Å². The van der Waals surface area contributed by atoms with Gasteiger partial charge in [0.05, 0.1) is 5.69 Å². The molecule has 0 radical (unpaired) electrons. The van der Waals surface area contributed by atoms with Crippen LogP contribution in [0.4, 0.5) is 0 Å². The summed E-state index contributed by atoms with van der Waals surface area (Å²) in [6.45, 7) is 5.47. The van der Waals surface area contributed by atoms with Crippen molar-refractivity contribution in [3.8, 4) is 0 Å². The molecular weight excluding hydrogens is 330 g/mol. The zero-order valence-electron chi connectivity index (χ0n) is 14.1. The van der Waals surface area contributed by atoms with E-state index < -0.39 is 10.0 Å². The van der Waals surface area contributed by atoms with Crippen LogP contribution in [0.15, 0.2) is 23.5 Å². The Kier molecular flexibility index (Phi) is 4.75. The molecule has 8 nitrogen and oxygen atoms in total. The maximum atomic E-state index is 12.5. The van der Waals surface area contributed by atoms with Crippen molar-refractivity contribution in [2.75, 3.05) is 13.2 Å². The van der Waals surface area contributed by atoms with Gasteiger partial charge in [-0.3, -0.25) is 4.68 Å². The standard InChI is InChI=1S/C15H23N5O3S/c1-4-20-7-6-16-15(20)14-12(5-8-23-14)9-17-24(21,22)13-10-19(3)18-11(13)2/h6-7,10,12,14,17H,4-5,8-9H2,1-3H3/t12-,14+/m0/s1. The fourth-order valence-electron chi connectivity index (χ4n) is 3.11. The van der Waals surface area contributed by atoms with E-state index in [-0.39, 0.29) is 16.9 Å². The average molecular weight is 353 g/mol. The lowest BCUT2D eigenvalue weighted by molar-refractivity contribution is 0.0816. The molecule has 1 saturated heterocycles. The first-order chi connectivity index (χ1) is 11.4. The second-order valence-corrected chi connectivity index (χ2v) is 7.75. The summed E-state index contributed by atoms with van der Waals surface area (Å²) in [4.78, 5) is 4.60. The number of sulfonamides is 1. The smallest absolute Gasteiger partial charge is 0.243 e. The van der Waals surface area contributed by atoms with Crippen LogP contribution in [0.1, 0.15) is 31.0 Å². The minimum absolute atomic E-state index is 0.0597. The van der Waals surface area contributed by atoms with Crippen LogP contribution in [-0.4, -0.2) is 40.9 Å². The molecule has 3 rings (SSSR count). The Hall–Kier alpha value is -1.71. The van der Waals surface area contributed by atoms with Crippen molar-refractivity contribution >= 4 is 10.0 Å². The summed E-state index contributed by atoms with van der Waals surface area (Å²) in [7, 11) is -1.88. The maximum absolute atomic E-state index is 12.5. The molecule has 1 N–H and O–H groups in total. The molecule has 0 spiro atoms. The summed E-state index contributed by atoms with van der Waals surface area (Å²) in [6.07, 6.45) is 5.80. The molecule has 1 aliphatic rings. The maximum Gasteiger partial charge on any atom is 0.243 e.